The Kier molecular flexibility index (Phi) is 7.45. The molecule has 2 rings (SSSR count). The van der Waals surface area contributed by atoms with Crippen LogP contribution in [0.25, 0.3) is 0 Å². The van der Waals surface area contributed by atoms with Gasteiger partial charge in [0.25, 0.3) is 0 Å². The highest BCUT2D eigenvalue weighted by molar-refractivity contribution is 7.98. The van der Waals surface area contributed by atoms with Crippen molar-refractivity contribution in [3.05, 3.63) is 29.6 Å². The zero-order chi connectivity index (χ0) is 15.8. The van der Waals surface area contributed by atoms with E-state index < -0.39 is 0 Å². The summed E-state index contributed by atoms with van der Waals surface area (Å²) < 4.78 is 19.6. The molecule has 1 aliphatic rings. The zero-order valence-corrected chi connectivity index (χ0v) is 13.9. The van der Waals surface area contributed by atoms with Crippen molar-refractivity contribution in [2.75, 3.05) is 49.8 Å². The number of nitrogens with zero attached hydrogens (tertiary/aromatic N) is 1. The molecule has 1 unspecified atom stereocenters. The number of aliphatic hydroxyl groups excluding tert-OH is 1. The molecule has 0 radical (unpaired) electrons. The molecule has 0 aromatic heterocycles. The fourth-order valence-electron chi connectivity index (χ4n) is 2.58. The Morgan fingerprint density at radius 1 is 1.41 bits per heavy atom. The zero-order valence-electron chi connectivity index (χ0n) is 13.1. The van der Waals surface area contributed by atoms with Crippen molar-refractivity contribution < 1.29 is 14.2 Å². The second-order valence-corrected chi connectivity index (χ2v) is 6.34. The number of hydrogen-bond acceptors (Lipinski definition) is 5. The van der Waals surface area contributed by atoms with Gasteiger partial charge in [-0.25, -0.2) is 4.39 Å². The largest absolute Gasteiger partial charge is 0.396 e. The van der Waals surface area contributed by atoms with E-state index in [9.17, 15) is 4.39 Å². The van der Waals surface area contributed by atoms with Crippen molar-refractivity contribution in [1.29, 1.82) is 0 Å². The van der Waals surface area contributed by atoms with Gasteiger partial charge < -0.3 is 20.1 Å². The van der Waals surface area contributed by atoms with Crippen LogP contribution in [0.4, 0.5) is 10.1 Å². The fraction of sp³-hybridized carbons (Fsp3) is 0.625. The van der Waals surface area contributed by atoms with E-state index in [1.54, 1.807) is 17.8 Å². The van der Waals surface area contributed by atoms with E-state index in [0.29, 0.717) is 25.4 Å². The molecule has 6 heteroatoms. The van der Waals surface area contributed by atoms with Crippen LogP contribution in [0.1, 0.15) is 12.0 Å². The summed E-state index contributed by atoms with van der Waals surface area (Å²) in [6.07, 6.45) is 2.76. The summed E-state index contributed by atoms with van der Waals surface area (Å²) in [5.74, 6) is 0.763. The van der Waals surface area contributed by atoms with Crippen molar-refractivity contribution in [3.63, 3.8) is 0 Å². The summed E-state index contributed by atoms with van der Waals surface area (Å²) in [6, 6.07) is 5.68. The van der Waals surface area contributed by atoms with E-state index in [-0.39, 0.29) is 18.5 Å². The molecule has 1 saturated heterocycles. The first kappa shape index (κ1) is 17.5. The van der Waals surface area contributed by atoms with Gasteiger partial charge in [0, 0.05) is 38.0 Å². The molecule has 0 spiro atoms. The second kappa shape index (κ2) is 9.35. The first-order chi connectivity index (χ1) is 10.7. The molecule has 4 nitrogen and oxygen atoms in total. The van der Waals surface area contributed by atoms with Gasteiger partial charge in [0.1, 0.15) is 5.82 Å². The molecule has 1 heterocycles. The minimum absolute atomic E-state index is 0.169. The summed E-state index contributed by atoms with van der Waals surface area (Å²) >= 11 is 1.74. The van der Waals surface area contributed by atoms with Crippen molar-refractivity contribution in [2.24, 2.45) is 0 Å². The van der Waals surface area contributed by atoms with Crippen LogP contribution >= 0.6 is 11.8 Å². The fourth-order valence-corrected chi connectivity index (χ4v) is 3.27. The molecule has 22 heavy (non-hydrogen) atoms. The molecule has 0 bridgehead atoms. The van der Waals surface area contributed by atoms with Crippen molar-refractivity contribution in [2.45, 2.75) is 19.0 Å². The van der Waals surface area contributed by atoms with Gasteiger partial charge in [-0.05, 0) is 30.4 Å². The molecule has 1 atom stereocenters. The lowest BCUT2D eigenvalue weighted by Gasteiger charge is -2.29. The Balaban J connectivity index is 1.93. The number of aliphatic hydroxyl groups is 1. The molecular weight excluding hydrogens is 303 g/mol. The van der Waals surface area contributed by atoms with Gasteiger partial charge >= 0.3 is 0 Å². The topological polar surface area (TPSA) is 44.7 Å². The van der Waals surface area contributed by atoms with Gasteiger partial charge in [0.2, 0.25) is 0 Å². The van der Waals surface area contributed by atoms with Crippen LogP contribution in [-0.4, -0.2) is 56.1 Å². The van der Waals surface area contributed by atoms with E-state index in [4.69, 9.17) is 9.84 Å². The van der Waals surface area contributed by atoms with Crippen LogP contribution in [0.2, 0.25) is 0 Å². The normalized spacial score (nSPS) is 16.8. The van der Waals surface area contributed by atoms with Gasteiger partial charge in [-0.2, -0.15) is 11.8 Å². The maximum Gasteiger partial charge on any atom is 0.146 e. The minimum atomic E-state index is -0.176. The van der Waals surface area contributed by atoms with E-state index in [1.807, 2.05) is 23.3 Å². The molecule has 0 amide bonds. The maximum atomic E-state index is 14.3. The second-order valence-electron chi connectivity index (χ2n) is 5.43. The van der Waals surface area contributed by atoms with Crippen LogP contribution in [0.3, 0.4) is 0 Å². The lowest BCUT2D eigenvalue weighted by Crippen LogP contribution is -2.36. The van der Waals surface area contributed by atoms with E-state index >= 15 is 0 Å². The molecule has 2 N–H and O–H groups in total. The van der Waals surface area contributed by atoms with Gasteiger partial charge in [-0.15, -0.1) is 0 Å². The molecule has 1 aromatic rings. The quantitative estimate of drug-likeness (QED) is 0.763. The number of hydrogen-bond donors (Lipinski definition) is 2. The smallest absolute Gasteiger partial charge is 0.146 e. The SMILES string of the molecule is CSCC(CCO)NCc1ccc(N2CCOCC2)c(F)c1. The summed E-state index contributed by atoms with van der Waals surface area (Å²) in [5.41, 5.74) is 1.58. The average molecular weight is 328 g/mol. The Morgan fingerprint density at radius 2 is 2.18 bits per heavy atom. The third kappa shape index (κ3) is 5.12. The number of thioether (sulfide) groups is 1. The van der Waals surface area contributed by atoms with Crippen LogP contribution in [0.5, 0.6) is 0 Å². The first-order valence-corrected chi connectivity index (χ1v) is 9.08. The van der Waals surface area contributed by atoms with Gasteiger partial charge in [-0.1, -0.05) is 6.07 Å². The van der Waals surface area contributed by atoms with Crippen LogP contribution in [0.15, 0.2) is 18.2 Å². The third-order valence-corrected chi connectivity index (χ3v) is 4.54. The molecule has 1 fully saturated rings. The highest BCUT2D eigenvalue weighted by Crippen LogP contribution is 2.21. The summed E-state index contributed by atoms with van der Waals surface area (Å²) in [7, 11) is 0. The number of halogens is 1. The maximum absolute atomic E-state index is 14.3. The van der Waals surface area contributed by atoms with E-state index in [2.05, 4.69) is 5.32 Å². The molecule has 1 aromatic carbocycles. The third-order valence-electron chi connectivity index (χ3n) is 3.80. The Morgan fingerprint density at radius 3 is 2.82 bits per heavy atom. The van der Waals surface area contributed by atoms with Crippen LogP contribution in [-0.2, 0) is 11.3 Å². The number of anilines is 1. The van der Waals surface area contributed by atoms with Gasteiger partial charge in [-0.3, -0.25) is 0 Å². The van der Waals surface area contributed by atoms with Crippen molar-refractivity contribution in [3.8, 4) is 0 Å². The van der Waals surface area contributed by atoms with Crippen molar-refractivity contribution in [1.82, 2.24) is 5.32 Å². The number of morpholine rings is 1. The molecule has 1 aliphatic heterocycles. The Bertz CT molecular complexity index is 450. The molecule has 124 valence electrons. The van der Waals surface area contributed by atoms with Crippen molar-refractivity contribution >= 4 is 17.4 Å². The number of benzene rings is 1. The summed E-state index contributed by atoms with van der Waals surface area (Å²) in [5, 5.41) is 12.4. The van der Waals surface area contributed by atoms with Gasteiger partial charge in [0.15, 0.2) is 0 Å². The summed E-state index contributed by atoms with van der Waals surface area (Å²) in [6.45, 7) is 3.57. The highest BCUT2D eigenvalue weighted by Gasteiger charge is 2.15. The Hall–Kier alpha value is -0.820. The van der Waals surface area contributed by atoms with Gasteiger partial charge in [0.05, 0.1) is 18.9 Å². The molecule has 0 aliphatic carbocycles. The standard InChI is InChI=1S/C16H25FN2O2S/c1-22-12-14(4-7-20)18-11-13-2-3-16(15(17)10-13)19-5-8-21-9-6-19/h2-3,10,14,18,20H,4-9,11-12H2,1H3. The number of rotatable bonds is 8. The number of ether oxygens (including phenoxy) is 1. The van der Waals surface area contributed by atoms with E-state index in [1.165, 1.54) is 0 Å². The first-order valence-electron chi connectivity index (χ1n) is 7.69. The average Bonchev–Trinajstić information content (AvgIpc) is 2.54. The highest BCUT2D eigenvalue weighted by atomic mass is 32.2. The Labute approximate surface area is 136 Å². The summed E-state index contributed by atoms with van der Waals surface area (Å²) in [4.78, 5) is 2.03. The molecule has 0 saturated carbocycles. The monoisotopic (exact) mass is 328 g/mol. The lowest BCUT2D eigenvalue weighted by atomic mass is 10.1. The predicted octanol–water partition coefficient (Wildman–Crippen LogP) is 1.87. The van der Waals surface area contributed by atoms with E-state index in [0.717, 1.165) is 30.8 Å². The molecular formula is C16H25FN2O2S. The van der Waals surface area contributed by atoms with Crippen LogP contribution < -0.4 is 10.2 Å². The number of nitrogens with one attached hydrogen (secondary N) is 1. The lowest BCUT2D eigenvalue weighted by molar-refractivity contribution is 0.122. The predicted molar refractivity (Wildman–Crippen MR) is 90.1 cm³/mol. The van der Waals surface area contributed by atoms with Crippen LogP contribution in [0, 0.1) is 5.82 Å². The minimum Gasteiger partial charge on any atom is -0.396 e.